The van der Waals surface area contributed by atoms with Crippen LogP contribution in [0, 0.1) is 13.8 Å². The van der Waals surface area contributed by atoms with Crippen molar-refractivity contribution < 1.29 is 4.79 Å². The zero-order valence-corrected chi connectivity index (χ0v) is 11.3. The van der Waals surface area contributed by atoms with Gasteiger partial charge >= 0.3 is 0 Å². The lowest BCUT2D eigenvalue weighted by atomic mass is 9.99. The van der Waals surface area contributed by atoms with Gasteiger partial charge in [-0.3, -0.25) is 4.79 Å². The van der Waals surface area contributed by atoms with E-state index in [1.165, 1.54) is 0 Å². The molecule has 3 aromatic rings. The summed E-state index contributed by atoms with van der Waals surface area (Å²) >= 11 is 0. The third kappa shape index (κ3) is 1.84. The first-order valence-electron chi connectivity index (χ1n) is 6.29. The standard InChI is InChI=1S/C15H14N4O/c1-9-8-17-14-7-6-13(18-19(9)14)11-4-3-5-12(10(11)2)15(16)20/h3-8H,1-2H3,(H2,16,20). The Morgan fingerprint density at radius 3 is 2.75 bits per heavy atom. The van der Waals surface area contributed by atoms with Crippen LogP contribution in [0.25, 0.3) is 16.9 Å². The molecule has 0 aliphatic heterocycles. The second-order valence-electron chi connectivity index (χ2n) is 4.73. The summed E-state index contributed by atoms with van der Waals surface area (Å²) in [4.78, 5) is 15.7. The van der Waals surface area contributed by atoms with Crippen LogP contribution in [0.3, 0.4) is 0 Å². The molecule has 100 valence electrons. The van der Waals surface area contributed by atoms with Gasteiger partial charge in [-0.05, 0) is 37.6 Å². The van der Waals surface area contributed by atoms with Crippen LogP contribution in [0.5, 0.6) is 0 Å². The molecule has 0 fully saturated rings. The minimum atomic E-state index is -0.427. The van der Waals surface area contributed by atoms with Crippen molar-refractivity contribution in [2.24, 2.45) is 5.73 Å². The number of amides is 1. The summed E-state index contributed by atoms with van der Waals surface area (Å²) in [7, 11) is 0. The van der Waals surface area contributed by atoms with Crippen LogP contribution < -0.4 is 5.73 Å². The molecular formula is C15H14N4O. The van der Waals surface area contributed by atoms with Gasteiger partial charge in [-0.15, -0.1) is 0 Å². The van der Waals surface area contributed by atoms with Crippen LogP contribution in [-0.4, -0.2) is 20.5 Å². The molecule has 0 aliphatic rings. The number of rotatable bonds is 2. The van der Waals surface area contributed by atoms with E-state index in [-0.39, 0.29) is 0 Å². The Kier molecular flexibility index (Phi) is 2.75. The molecule has 1 aromatic carbocycles. The van der Waals surface area contributed by atoms with E-state index < -0.39 is 5.91 Å². The van der Waals surface area contributed by atoms with Gasteiger partial charge in [0.25, 0.3) is 0 Å². The lowest BCUT2D eigenvalue weighted by Gasteiger charge is -2.09. The first kappa shape index (κ1) is 12.3. The molecule has 5 nitrogen and oxygen atoms in total. The van der Waals surface area contributed by atoms with Gasteiger partial charge in [0.1, 0.15) is 0 Å². The van der Waals surface area contributed by atoms with E-state index in [1.54, 1.807) is 16.8 Å². The smallest absolute Gasteiger partial charge is 0.248 e. The van der Waals surface area contributed by atoms with Gasteiger partial charge in [0.2, 0.25) is 5.91 Å². The van der Waals surface area contributed by atoms with Crippen molar-refractivity contribution in [2.75, 3.05) is 0 Å². The highest BCUT2D eigenvalue weighted by molar-refractivity contribution is 5.96. The lowest BCUT2D eigenvalue weighted by Crippen LogP contribution is -2.13. The fraction of sp³-hybridized carbons (Fsp3) is 0.133. The van der Waals surface area contributed by atoms with E-state index in [4.69, 9.17) is 5.73 Å². The molecule has 0 aliphatic carbocycles. The summed E-state index contributed by atoms with van der Waals surface area (Å²) in [6, 6.07) is 9.28. The van der Waals surface area contributed by atoms with Crippen molar-refractivity contribution in [3.8, 4) is 11.3 Å². The maximum absolute atomic E-state index is 11.4. The molecule has 20 heavy (non-hydrogen) atoms. The first-order valence-corrected chi connectivity index (χ1v) is 6.29. The maximum atomic E-state index is 11.4. The number of primary amides is 1. The topological polar surface area (TPSA) is 73.3 Å². The van der Waals surface area contributed by atoms with E-state index in [0.29, 0.717) is 5.56 Å². The second kappa shape index (κ2) is 4.45. The highest BCUT2D eigenvalue weighted by Gasteiger charge is 2.12. The number of nitrogens with two attached hydrogens (primary N) is 1. The van der Waals surface area contributed by atoms with Crippen molar-refractivity contribution in [1.29, 1.82) is 0 Å². The van der Waals surface area contributed by atoms with Crippen LogP contribution in [0.15, 0.2) is 36.5 Å². The molecule has 3 rings (SSSR count). The van der Waals surface area contributed by atoms with Crippen LogP contribution in [0.4, 0.5) is 0 Å². The summed E-state index contributed by atoms with van der Waals surface area (Å²) in [5.74, 6) is -0.427. The van der Waals surface area contributed by atoms with Gasteiger partial charge in [-0.1, -0.05) is 12.1 Å². The lowest BCUT2D eigenvalue weighted by molar-refractivity contribution is 0.1000. The van der Waals surface area contributed by atoms with Crippen molar-refractivity contribution in [3.05, 3.63) is 53.3 Å². The summed E-state index contributed by atoms with van der Waals surface area (Å²) < 4.78 is 1.78. The Balaban J connectivity index is 2.22. The summed E-state index contributed by atoms with van der Waals surface area (Å²) in [6.07, 6.45) is 1.78. The third-order valence-corrected chi connectivity index (χ3v) is 3.41. The van der Waals surface area contributed by atoms with Crippen LogP contribution in [0.2, 0.25) is 0 Å². The molecule has 0 bridgehead atoms. The predicted molar refractivity (Wildman–Crippen MR) is 76.4 cm³/mol. The van der Waals surface area contributed by atoms with Crippen molar-refractivity contribution >= 4 is 11.6 Å². The Morgan fingerprint density at radius 2 is 2.00 bits per heavy atom. The number of nitrogens with zero attached hydrogens (tertiary/aromatic N) is 3. The van der Waals surface area contributed by atoms with Gasteiger partial charge in [0.15, 0.2) is 5.65 Å². The van der Waals surface area contributed by atoms with Gasteiger partial charge in [-0.2, -0.15) is 5.10 Å². The van der Waals surface area contributed by atoms with Crippen molar-refractivity contribution in [3.63, 3.8) is 0 Å². The molecule has 0 radical (unpaired) electrons. The van der Waals surface area contributed by atoms with Crippen LogP contribution in [0.1, 0.15) is 21.6 Å². The maximum Gasteiger partial charge on any atom is 0.248 e. The van der Waals surface area contributed by atoms with E-state index in [0.717, 1.165) is 28.2 Å². The zero-order valence-electron chi connectivity index (χ0n) is 11.3. The number of aryl methyl sites for hydroxylation is 1. The first-order chi connectivity index (χ1) is 9.58. The molecule has 0 atom stereocenters. The minimum Gasteiger partial charge on any atom is -0.366 e. The molecule has 2 aromatic heterocycles. The fourth-order valence-corrected chi connectivity index (χ4v) is 2.31. The molecule has 5 heteroatoms. The van der Waals surface area contributed by atoms with Crippen molar-refractivity contribution in [2.45, 2.75) is 13.8 Å². The second-order valence-corrected chi connectivity index (χ2v) is 4.73. The van der Waals surface area contributed by atoms with E-state index in [9.17, 15) is 4.79 Å². The summed E-state index contributed by atoms with van der Waals surface area (Å²) in [5.41, 5.74) is 10.2. The number of carbonyl (C=O) groups excluding carboxylic acids is 1. The monoisotopic (exact) mass is 266 g/mol. The minimum absolute atomic E-state index is 0.427. The third-order valence-electron chi connectivity index (χ3n) is 3.41. The summed E-state index contributed by atoms with van der Waals surface area (Å²) in [5, 5.41) is 4.57. The highest BCUT2D eigenvalue weighted by atomic mass is 16.1. The molecule has 2 heterocycles. The van der Waals surface area contributed by atoms with Gasteiger partial charge in [0.05, 0.1) is 17.6 Å². The predicted octanol–water partition coefficient (Wildman–Crippen LogP) is 2.11. The Hall–Kier alpha value is -2.69. The molecule has 0 saturated carbocycles. The Morgan fingerprint density at radius 1 is 1.20 bits per heavy atom. The Labute approximate surface area is 116 Å². The average molecular weight is 266 g/mol. The average Bonchev–Trinajstić information content (AvgIpc) is 2.80. The molecule has 0 unspecified atom stereocenters. The molecule has 2 N–H and O–H groups in total. The van der Waals surface area contributed by atoms with Crippen molar-refractivity contribution in [1.82, 2.24) is 14.6 Å². The summed E-state index contributed by atoms with van der Waals surface area (Å²) in [6.45, 7) is 3.82. The van der Waals surface area contributed by atoms with Gasteiger partial charge in [0, 0.05) is 11.1 Å². The van der Waals surface area contributed by atoms with Crippen LogP contribution in [-0.2, 0) is 0 Å². The highest BCUT2D eigenvalue weighted by Crippen LogP contribution is 2.24. The zero-order chi connectivity index (χ0) is 14.3. The number of aromatic nitrogens is 3. The SMILES string of the molecule is Cc1c(C(N)=O)cccc1-c1ccc2ncc(C)n2n1. The van der Waals surface area contributed by atoms with Crippen LogP contribution >= 0.6 is 0 Å². The fourth-order valence-electron chi connectivity index (χ4n) is 2.31. The quantitative estimate of drug-likeness (QED) is 0.772. The molecule has 1 amide bonds. The van der Waals surface area contributed by atoms with Gasteiger partial charge in [-0.25, -0.2) is 9.50 Å². The number of hydrogen-bond donors (Lipinski definition) is 1. The van der Waals surface area contributed by atoms with Gasteiger partial charge < -0.3 is 5.73 Å². The number of benzene rings is 1. The normalized spacial score (nSPS) is 10.9. The number of fused-ring (bicyclic) bond motifs is 1. The Bertz CT molecular complexity index is 820. The largest absolute Gasteiger partial charge is 0.366 e. The number of hydrogen-bond acceptors (Lipinski definition) is 3. The van der Waals surface area contributed by atoms with E-state index >= 15 is 0 Å². The number of imidazole rings is 1. The molecule has 0 saturated heterocycles. The van der Waals surface area contributed by atoms with E-state index in [1.807, 2.05) is 38.1 Å². The van der Waals surface area contributed by atoms with E-state index in [2.05, 4.69) is 10.1 Å². The molecule has 0 spiro atoms. The molecular weight excluding hydrogens is 252 g/mol. The number of carbonyl (C=O) groups is 1.